The molecule has 1 aromatic heterocycles. The molecule has 0 aliphatic heterocycles. The van der Waals surface area contributed by atoms with Crippen molar-refractivity contribution in [3.63, 3.8) is 0 Å². The van der Waals surface area contributed by atoms with Crippen LogP contribution in [-0.2, 0) is 0 Å². The minimum Gasteiger partial charge on any atom is -0.344 e. The Morgan fingerprint density at radius 2 is 1.10 bits per heavy atom. The number of aromatic nitrogens is 1. The molecule has 7 aromatic carbocycles. The maximum Gasteiger partial charge on any atom is 0.0541 e. The maximum absolute atomic E-state index is 2.39. The molecule has 0 radical (unpaired) electrons. The second-order valence-electron chi connectivity index (χ2n) is 13.6. The zero-order valence-corrected chi connectivity index (χ0v) is 30.3. The highest BCUT2D eigenvalue weighted by Gasteiger charge is 2.16. The zero-order chi connectivity index (χ0) is 35.3. The fourth-order valence-electron chi connectivity index (χ4n) is 7.30. The van der Waals surface area contributed by atoms with Crippen molar-refractivity contribution in [3.8, 4) is 27.9 Å². The number of fused-ring (bicyclic) bond motifs is 3. The van der Waals surface area contributed by atoms with Crippen LogP contribution in [-0.4, -0.2) is 11.6 Å². The lowest BCUT2D eigenvalue weighted by Gasteiger charge is -2.24. The van der Waals surface area contributed by atoms with Crippen LogP contribution in [0.25, 0.3) is 49.7 Å². The normalized spacial score (nSPS) is 11.6. The molecule has 1 heterocycles. The van der Waals surface area contributed by atoms with Gasteiger partial charge in [-0.15, -0.1) is 0 Å². The summed E-state index contributed by atoms with van der Waals surface area (Å²) >= 11 is 0. The summed E-state index contributed by atoms with van der Waals surface area (Å²) in [6.07, 6.45) is 1.18. The van der Waals surface area contributed by atoms with Crippen molar-refractivity contribution >= 4 is 33.2 Å². The molecular weight excluding hydrogens is 617 g/mol. The quantitative estimate of drug-likeness (QED) is 0.165. The third kappa shape index (κ3) is 6.83. The first kappa shape index (κ1) is 33.6. The molecule has 0 bridgehead atoms. The van der Waals surface area contributed by atoms with E-state index in [2.05, 4.69) is 214 Å². The monoisotopic (exact) mass is 662 g/mol. The highest BCUT2D eigenvalue weighted by molar-refractivity contribution is 6.09. The lowest BCUT2D eigenvalue weighted by Crippen LogP contribution is -2.11. The average molecular weight is 663 g/mol. The van der Waals surface area contributed by atoms with Gasteiger partial charge < -0.3 is 9.47 Å². The molecule has 0 amide bonds. The van der Waals surface area contributed by atoms with E-state index >= 15 is 0 Å². The number of hydrogen-bond donors (Lipinski definition) is 0. The second kappa shape index (κ2) is 14.9. The van der Waals surface area contributed by atoms with Crippen molar-refractivity contribution in [2.75, 3.05) is 11.9 Å². The van der Waals surface area contributed by atoms with E-state index in [1.807, 2.05) is 0 Å². The minimum absolute atomic E-state index is 0.616. The molecule has 252 valence electrons. The van der Waals surface area contributed by atoms with E-state index in [0.29, 0.717) is 5.92 Å². The van der Waals surface area contributed by atoms with E-state index in [4.69, 9.17) is 0 Å². The lowest BCUT2D eigenvalue weighted by molar-refractivity contribution is 0.735. The number of para-hydroxylation sites is 3. The Balaban J connectivity index is 0.000000201. The van der Waals surface area contributed by atoms with Crippen molar-refractivity contribution in [3.05, 3.63) is 187 Å². The van der Waals surface area contributed by atoms with Crippen LogP contribution in [0.1, 0.15) is 42.9 Å². The summed E-state index contributed by atoms with van der Waals surface area (Å²) in [5.41, 5.74) is 15.2. The third-order valence-corrected chi connectivity index (χ3v) is 10.2. The molecule has 0 fully saturated rings. The van der Waals surface area contributed by atoms with Gasteiger partial charge in [0.25, 0.3) is 0 Å². The summed E-state index contributed by atoms with van der Waals surface area (Å²) in [5, 5.41) is 2.56. The molecule has 0 spiro atoms. The third-order valence-electron chi connectivity index (χ3n) is 10.2. The van der Waals surface area contributed by atoms with Crippen LogP contribution in [0.4, 0.5) is 11.4 Å². The molecule has 2 heteroatoms. The Morgan fingerprint density at radius 1 is 0.549 bits per heavy atom. The predicted octanol–water partition coefficient (Wildman–Crippen LogP) is 13.7. The van der Waals surface area contributed by atoms with Gasteiger partial charge in [-0.2, -0.15) is 0 Å². The van der Waals surface area contributed by atoms with Crippen molar-refractivity contribution in [2.45, 2.75) is 40.0 Å². The van der Waals surface area contributed by atoms with Gasteiger partial charge in [-0.05, 0) is 96.0 Å². The van der Waals surface area contributed by atoms with Gasteiger partial charge in [-0.1, -0.05) is 147 Å². The summed E-state index contributed by atoms with van der Waals surface area (Å²) in [6, 6.07) is 60.8. The van der Waals surface area contributed by atoms with Gasteiger partial charge in [0.15, 0.2) is 0 Å². The summed E-state index contributed by atoms with van der Waals surface area (Å²) in [4.78, 5) is 2.30. The van der Waals surface area contributed by atoms with Crippen LogP contribution in [0.2, 0.25) is 0 Å². The highest BCUT2D eigenvalue weighted by atomic mass is 15.1. The molecule has 8 rings (SSSR count). The van der Waals surface area contributed by atoms with Crippen LogP contribution in [0, 0.1) is 13.8 Å². The molecule has 1 atom stereocenters. The Labute approximate surface area is 303 Å². The number of rotatable bonds is 7. The van der Waals surface area contributed by atoms with Gasteiger partial charge >= 0.3 is 0 Å². The molecule has 0 aliphatic rings. The molecule has 0 aliphatic carbocycles. The van der Waals surface area contributed by atoms with Crippen molar-refractivity contribution < 1.29 is 0 Å². The van der Waals surface area contributed by atoms with Gasteiger partial charge in [0.1, 0.15) is 0 Å². The zero-order valence-electron chi connectivity index (χ0n) is 30.3. The molecule has 8 aromatic rings. The molecule has 0 saturated carbocycles. The standard InChI is InChI=1S/C32H26N2.C17H20/c1-23-20-25(33(2)30-17-9-6-14-27(30)24-12-4-3-5-13-24)22-26(21-23)34-31-18-10-7-15-28(31)29-16-8-11-19-32(29)34;1-4-13(2)15-10-7-8-12-17(15)16-11-6-5-9-14(16)3/h3-22H,1-2H3;5-13H,4H2,1-3H3. The molecule has 51 heavy (non-hydrogen) atoms. The molecule has 1 unspecified atom stereocenters. The highest BCUT2D eigenvalue weighted by Crippen LogP contribution is 2.38. The average Bonchev–Trinajstić information content (AvgIpc) is 3.52. The van der Waals surface area contributed by atoms with Crippen molar-refractivity contribution in [2.24, 2.45) is 0 Å². The van der Waals surface area contributed by atoms with E-state index < -0.39 is 0 Å². The Bertz CT molecular complexity index is 2360. The van der Waals surface area contributed by atoms with Crippen LogP contribution >= 0.6 is 0 Å². The Kier molecular flexibility index (Phi) is 9.85. The van der Waals surface area contributed by atoms with E-state index in [9.17, 15) is 0 Å². The van der Waals surface area contributed by atoms with Crippen LogP contribution in [0.3, 0.4) is 0 Å². The first-order valence-corrected chi connectivity index (χ1v) is 18.1. The first-order chi connectivity index (χ1) is 24.9. The van der Waals surface area contributed by atoms with E-state index in [1.54, 1.807) is 0 Å². The number of nitrogens with zero attached hydrogens (tertiary/aromatic N) is 2. The van der Waals surface area contributed by atoms with Gasteiger partial charge in [-0.3, -0.25) is 0 Å². The van der Waals surface area contributed by atoms with Crippen LogP contribution in [0.15, 0.2) is 170 Å². The molecule has 0 N–H and O–H groups in total. The maximum atomic E-state index is 2.39. The summed E-state index contributed by atoms with van der Waals surface area (Å²) in [6.45, 7) is 8.91. The summed E-state index contributed by atoms with van der Waals surface area (Å²) in [7, 11) is 2.16. The minimum atomic E-state index is 0.616. The molecule has 2 nitrogen and oxygen atoms in total. The topological polar surface area (TPSA) is 8.17 Å². The van der Waals surface area contributed by atoms with Gasteiger partial charge in [0.2, 0.25) is 0 Å². The summed E-state index contributed by atoms with van der Waals surface area (Å²) in [5.74, 6) is 0.616. The summed E-state index contributed by atoms with van der Waals surface area (Å²) < 4.78 is 2.39. The largest absolute Gasteiger partial charge is 0.344 e. The van der Waals surface area contributed by atoms with Gasteiger partial charge in [0, 0.05) is 40.4 Å². The van der Waals surface area contributed by atoms with Crippen molar-refractivity contribution in [1.82, 2.24) is 4.57 Å². The van der Waals surface area contributed by atoms with E-state index in [0.717, 1.165) is 0 Å². The lowest BCUT2D eigenvalue weighted by atomic mass is 9.89. The number of hydrogen-bond acceptors (Lipinski definition) is 1. The van der Waals surface area contributed by atoms with Gasteiger partial charge in [-0.25, -0.2) is 0 Å². The van der Waals surface area contributed by atoms with Crippen molar-refractivity contribution in [1.29, 1.82) is 0 Å². The fourth-order valence-corrected chi connectivity index (χ4v) is 7.30. The fraction of sp³-hybridized carbons (Fsp3) is 0.143. The number of aryl methyl sites for hydroxylation is 2. The smallest absolute Gasteiger partial charge is 0.0541 e. The Hall–Kier alpha value is -5.86. The van der Waals surface area contributed by atoms with Crippen LogP contribution in [0.5, 0.6) is 0 Å². The predicted molar refractivity (Wildman–Crippen MR) is 221 cm³/mol. The van der Waals surface area contributed by atoms with Gasteiger partial charge in [0.05, 0.1) is 11.0 Å². The molecule has 0 saturated heterocycles. The van der Waals surface area contributed by atoms with E-state index in [-0.39, 0.29) is 0 Å². The number of anilines is 2. The SMILES string of the molecule is CCC(C)c1ccccc1-c1ccccc1C.Cc1cc(N(C)c2ccccc2-c2ccccc2)cc(-n2c3ccccc3c3ccccc32)c1. The number of benzene rings is 7. The Morgan fingerprint density at radius 3 is 1.76 bits per heavy atom. The van der Waals surface area contributed by atoms with Crippen LogP contribution < -0.4 is 4.90 Å². The van der Waals surface area contributed by atoms with E-state index in [1.165, 1.54) is 84.2 Å². The second-order valence-corrected chi connectivity index (χ2v) is 13.6. The first-order valence-electron chi connectivity index (χ1n) is 18.1. The molecular formula is C49H46N2.